The number of H-pyrrole nitrogens is 1. The summed E-state index contributed by atoms with van der Waals surface area (Å²) in [6.45, 7) is 0.297. The van der Waals surface area contributed by atoms with E-state index in [9.17, 15) is 17.6 Å². The molecule has 1 aromatic heterocycles. The first-order chi connectivity index (χ1) is 8.85. The molecule has 3 nitrogen and oxygen atoms in total. The summed E-state index contributed by atoms with van der Waals surface area (Å²) >= 11 is 4.91. The van der Waals surface area contributed by atoms with Crippen LogP contribution in [0.1, 0.15) is 24.9 Å². The predicted octanol–water partition coefficient (Wildman–Crippen LogP) is 3.51. The number of aromatic nitrogens is 2. The monoisotopic (exact) mass is 298 g/mol. The molecule has 0 amide bonds. The first-order valence-corrected chi connectivity index (χ1v) is 6.09. The van der Waals surface area contributed by atoms with Crippen molar-refractivity contribution >= 4 is 12.2 Å². The van der Waals surface area contributed by atoms with Gasteiger partial charge in [0.25, 0.3) is 0 Å². The lowest BCUT2D eigenvalue weighted by molar-refractivity contribution is -0.168. The Morgan fingerprint density at radius 1 is 1.47 bits per heavy atom. The van der Waals surface area contributed by atoms with E-state index in [2.05, 4.69) is 14.7 Å². The van der Waals surface area contributed by atoms with Gasteiger partial charge in [0.1, 0.15) is 23.7 Å². The van der Waals surface area contributed by atoms with Crippen LogP contribution in [0.3, 0.4) is 0 Å². The second-order valence-corrected chi connectivity index (χ2v) is 4.41. The fourth-order valence-corrected chi connectivity index (χ4v) is 1.64. The smallest absolute Gasteiger partial charge is 0.330 e. The Hall–Kier alpha value is -1.02. The fourth-order valence-electron chi connectivity index (χ4n) is 1.38. The van der Waals surface area contributed by atoms with Crippen molar-refractivity contribution in [3.63, 3.8) is 0 Å². The first kappa shape index (κ1) is 16.0. The maximum absolute atomic E-state index is 12.6. The maximum atomic E-state index is 12.6. The summed E-state index contributed by atoms with van der Waals surface area (Å²) < 4.78 is 53.9. The Labute approximate surface area is 113 Å². The Balaban J connectivity index is 2.61. The summed E-state index contributed by atoms with van der Waals surface area (Å²) in [7, 11) is 0. The molecule has 0 atom stereocenters. The molecule has 0 aromatic carbocycles. The molecular formula is C11H14F4N2OS. The number of aryl methyl sites for hydroxylation is 1. The molecule has 1 heterocycles. The zero-order valence-electron chi connectivity index (χ0n) is 10.3. The molecule has 108 valence electrons. The molecule has 0 radical (unpaired) electrons. The summed E-state index contributed by atoms with van der Waals surface area (Å²) in [6, 6.07) is 1.66. The van der Waals surface area contributed by atoms with Crippen LogP contribution in [-0.2, 0) is 17.8 Å². The van der Waals surface area contributed by atoms with Crippen LogP contribution in [0.2, 0.25) is 0 Å². The van der Waals surface area contributed by atoms with E-state index in [0.29, 0.717) is 4.64 Å². The molecule has 0 aliphatic heterocycles. The second-order valence-electron chi connectivity index (χ2n) is 4.00. The van der Waals surface area contributed by atoms with Crippen molar-refractivity contribution in [3.05, 3.63) is 22.2 Å². The molecular weight excluding hydrogens is 284 g/mol. The van der Waals surface area contributed by atoms with Gasteiger partial charge in [-0.3, -0.25) is 0 Å². The maximum Gasteiger partial charge on any atom is 0.330 e. The highest BCUT2D eigenvalue weighted by molar-refractivity contribution is 7.71. The van der Waals surface area contributed by atoms with E-state index in [1.165, 1.54) is 0 Å². The topological polar surface area (TPSA) is 37.9 Å². The SMILES string of the molecule is CCCc1cc(=S)nc(COCC(F)(F)C(F)F)[nH]1. The molecule has 0 spiro atoms. The summed E-state index contributed by atoms with van der Waals surface area (Å²) in [5.41, 5.74) is 0.807. The van der Waals surface area contributed by atoms with Crippen LogP contribution in [0.5, 0.6) is 0 Å². The van der Waals surface area contributed by atoms with Crippen LogP contribution >= 0.6 is 12.2 Å². The van der Waals surface area contributed by atoms with Crippen LogP contribution in [-0.4, -0.2) is 28.9 Å². The number of hydrogen-bond acceptors (Lipinski definition) is 3. The van der Waals surface area contributed by atoms with Crippen molar-refractivity contribution in [2.24, 2.45) is 0 Å². The predicted molar refractivity (Wildman–Crippen MR) is 64.0 cm³/mol. The second kappa shape index (κ2) is 6.95. The van der Waals surface area contributed by atoms with E-state index in [1.807, 2.05) is 6.92 Å². The molecule has 0 aliphatic carbocycles. The Kier molecular flexibility index (Phi) is 5.86. The number of nitrogens with one attached hydrogen (secondary N) is 1. The van der Waals surface area contributed by atoms with Crippen LogP contribution in [0, 0.1) is 4.64 Å². The molecule has 0 fully saturated rings. The van der Waals surface area contributed by atoms with Gasteiger partial charge in [0.2, 0.25) is 0 Å². The average Bonchev–Trinajstić information content (AvgIpc) is 2.28. The lowest BCUT2D eigenvalue weighted by Gasteiger charge is -2.15. The quantitative estimate of drug-likeness (QED) is 0.618. The molecule has 0 aliphatic rings. The minimum atomic E-state index is -4.15. The number of aromatic amines is 1. The van der Waals surface area contributed by atoms with Crippen LogP contribution in [0.25, 0.3) is 0 Å². The zero-order chi connectivity index (χ0) is 14.5. The third-order valence-corrected chi connectivity index (χ3v) is 2.43. The Morgan fingerprint density at radius 3 is 2.74 bits per heavy atom. The molecule has 0 saturated carbocycles. The third-order valence-electron chi connectivity index (χ3n) is 2.22. The Bertz CT molecular complexity index is 464. The van der Waals surface area contributed by atoms with Gasteiger partial charge in [-0.25, -0.2) is 13.8 Å². The van der Waals surface area contributed by atoms with Gasteiger partial charge in [0.15, 0.2) is 0 Å². The molecule has 1 aromatic rings. The van der Waals surface area contributed by atoms with Crippen molar-refractivity contribution < 1.29 is 22.3 Å². The number of rotatable bonds is 7. The van der Waals surface area contributed by atoms with Crippen molar-refractivity contribution in [1.29, 1.82) is 0 Å². The Morgan fingerprint density at radius 2 is 2.16 bits per heavy atom. The van der Waals surface area contributed by atoms with Gasteiger partial charge in [-0.15, -0.1) is 0 Å². The molecule has 0 bridgehead atoms. The first-order valence-electron chi connectivity index (χ1n) is 5.68. The van der Waals surface area contributed by atoms with E-state index in [-0.39, 0.29) is 12.4 Å². The van der Waals surface area contributed by atoms with E-state index in [4.69, 9.17) is 12.2 Å². The number of alkyl halides is 4. The number of nitrogens with zero attached hydrogens (tertiary/aromatic N) is 1. The minimum Gasteiger partial charge on any atom is -0.367 e. The zero-order valence-corrected chi connectivity index (χ0v) is 11.1. The van der Waals surface area contributed by atoms with E-state index >= 15 is 0 Å². The van der Waals surface area contributed by atoms with Crippen molar-refractivity contribution in [2.45, 2.75) is 38.7 Å². The highest BCUT2D eigenvalue weighted by Crippen LogP contribution is 2.23. The summed E-state index contributed by atoms with van der Waals surface area (Å²) in [6.07, 6.45) is -2.14. The van der Waals surface area contributed by atoms with Gasteiger partial charge in [0.05, 0.1) is 0 Å². The largest absolute Gasteiger partial charge is 0.367 e. The van der Waals surface area contributed by atoms with Gasteiger partial charge >= 0.3 is 12.3 Å². The standard InChI is InChI=1S/C11H14F4N2OS/c1-2-3-7-4-9(19)17-8(16-7)5-18-6-11(14,15)10(12)13/h4,10H,2-3,5-6H2,1H3,(H,16,17,19). The molecule has 1 N–H and O–H groups in total. The lowest BCUT2D eigenvalue weighted by Crippen LogP contribution is -2.32. The minimum absolute atomic E-state index is 0.251. The highest BCUT2D eigenvalue weighted by Gasteiger charge is 2.40. The summed E-state index contributed by atoms with van der Waals surface area (Å²) in [5, 5.41) is 0. The number of halogens is 4. The van der Waals surface area contributed by atoms with Crippen LogP contribution < -0.4 is 0 Å². The van der Waals surface area contributed by atoms with Crippen LogP contribution in [0.15, 0.2) is 6.07 Å². The number of hydrogen-bond donors (Lipinski definition) is 1. The van der Waals surface area contributed by atoms with Gasteiger partial charge in [-0.05, 0) is 12.5 Å². The molecule has 1 rings (SSSR count). The molecule has 0 saturated heterocycles. The lowest BCUT2D eigenvalue weighted by atomic mass is 10.2. The van der Waals surface area contributed by atoms with E-state index < -0.39 is 19.0 Å². The van der Waals surface area contributed by atoms with Crippen LogP contribution in [0.4, 0.5) is 17.6 Å². The highest BCUT2D eigenvalue weighted by atomic mass is 32.1. The fraction of sp³-hybridized carbons (Fsp3) is 0.636. The third kappa shape index (κ3) is 5.23. The number of ether oxygens (including phenoxy) is 1. The molecule has 19 heavy (non-hydrogen) atoms. The normalized spacial score (nSPS) is 12.1. The van der Waals surface area contributed by atoms with Crippen molar-refractivity contribution in [3.8, 4) is 0 Å². The van der Waals surface area contributed by atoms with Crippen molar-refractivity contribution in [1.82, 2.24) is 9.97 Å². The molecule has 8 heteroatoms. The average molecular weight is 298 g/mol. The summed E-state index contributed by atoms with van der Waals surface area (Å²) in [5.74, 6) is -3.90. The van der Waals surface area contributed by atoms with E-state index in [0.717, 1.165) is 18.5 Å². The van der Waals surface area contributed by atoms with E-state index in [1.54, 1.807) is 6.07 Å². The van der Waals surface area contributed by atoms with Gasteiger partial charge in [-0.2, -0.15) is 8.78 Å². The van der Waals surface area contributed by atoms with Gasteiger partial charge in [0, 0.05) is 5.69 Å². The molecule has 0 unspecified atom stereocenters. The van der Waals surface area contributed by atoms with Gasteiger partial charge in [-0.1, -0.05) is 25.6 Å². The summed E-state index contributed by atoms with van der Waals surface area (Å²) in [4.78, 5) is 6.75. The van der Waals surface area contributed by atoms with Crippen molar-refractivity contribution in [2.75, 3.05) is 6.61 Å². The van der Waals surface area contributed by atoms with Gasteiger partial charge < -0.3 is 9.72 Å².